The molecule has 1 aliphatic rings. The van der Waals surface area contributed by atoms with Crippen molar-refractivity contribution in [1.82, 2.24) is 5.32 Å². The van der Waals surface area contributed by atoms with E-state index < -0.39 is 55.6 Å². The zero-order valence-corrected chi connectivity index (χ0v) is 48.3. The number of aliphatic hydroxyl groups excluding tert-OH is 6. The van der Waals surface area contributed by atoms with Gasteiger partial charge in [-0.3, -0.25) is 4.79 Å². The molecule has 1 saturated heterocycles. The molecular formula is C63H125NO9. The van der Waals surface area contributed by atoms with Gasteiger partial charge in [0.15, 0.2) is 6.29 Å². The van der Waals surface area contributed by atoms with E-state index in [-0.39, 0.29) is 18.9 Å². The van der Waals surface area contributed by atoms with Crippen LogP contribution in [0.25, 0.3) is 0 Å². The van der Waals surface area contributed by atoms with E-state index >= 15 is 0 Å². The van der Waals surface area contributed by atoms with Crippen LogP contribution in [-0.4, -0.2) is 98.7 Å². The minimum absolute atomic E-state index is 0.249. The van der Waals surface area contributed by atoms with Crippen LogP contribution in [-0.2, 0) is 14.3 Å². The summed E-state index contributed by atoms with van der Waals surface area (Å²) in [4.78, 5) is 13.1. The molecule has 0 aromatic rings. The highest BCUT2D eigenvalue weighted by Gasteiger charge is 2.44. The molecule has 0 radical (unpaired) electrons. The molecule has 7 N–H and O–H groups in total. The topological polar surface area (TPSA) is 169 Å². The van der Waals surface area contributed by atoms with Gasteiger partial charge in [0.2, 0.25) is 5.91 Å². The fourth-order valence-corrected chi connectivity index (χ4v) is 10.9. The summed E-state index contributed by atoms with van der Waals surface area (Å²) >= 11 is 0. The van der Waals surface area contributed by atoms with Crippen molar-refractivity contribution in [3.05, 3.63) is 0 Å². The number of aliphatic hydroxyl groups is 6. The van der Waals surface area contributed by atoms with Gasteiger partial charge in [0, 0.05) is 6.42 Å². The maximum Gasteiger partial charge on any atom is 0.220 e. The van der Waals surface area contributed by atoms with Crippen LogP contribution in [0.2, 0.25) is 0 Å². The maximum absolute atomic E-state index is 13.1. The van der Waals surface area contributed by atoms with Crippen molar-refractivity contribution in [1.29, 1.82) is 0 Å². The first-order chi connectivity index (χ1) is 35.8. The summed E-state index contributed by atoms with van der Waals surface area (Å²) in [6.07, 6.45) is 54.5. The third-order valence-corrected chi connectivity index (χ3v) is 16.1. The lowest BCUT2D eigenvalue weighted by Crippen LogP contribution is -2.60. The fraction of sp³-hybridized carbons (Fsp3) is 0.984. The van der Waals surface area contributed by atoms with E-state index in [1.54, 1.807) is 0 Å². The maximum atomic E-state index is 13.1. The molecule has 1 aliphatic heterocycles. The van der Waals surface area contributed by atoms with Gasteiger partial charge in [-0.2, -0.15) is 0 Å². The number of hydrogen-bond donors (Lipinski definition) is 7. The molecule has 0 aromatic carbocycles. The van der Waals surface area contributed by atoms with Gasteiger partial charge in [0.25, 0.3) is 0 Å². The van der Waals surface area contributed by atoms with E-state index in [9.17, 15) is 35.4 Å². The van der Waals surface area contributed by atoms with E-state index in [4.69, 9.17) is 9.47 Å². The van der Waals surface area contributed by atoms with Crippen molar-refractivity contribution in [3.8, 4) is 0 Å². The van der Waals surface area contributed by atoms with Gasteiger partial charge in [0.05, 0.1) is 25.4 Å². The third kappa shape index (κ3) is 41.9. The minimum Gasteiger partial charge on any atom is -0.394 e. The van der Waals surface area contributed by atoms with Crippen LogP contribution in [0.4, 0.5) is 0 Å². The van der Waals surface area contributed by atoms with Crippen LogP contribution in [0.3, 0.4) is 0 Å². The Morgan fingerprint density at radius 2 is 0.712 bits per heavy atom. The molecule has 10 heteroatoms. The number of hydrogen-bond acceptors (Lipinski definition) is 9. The number of ether oxygens (including phenoxy) is 2. The van der Waals surface area contributed by atoms with Gasteiger partial charge in [-0.15, -0.1) is 0 Å². The highest BCUT2D eigenvalue weighted by Crippen LogP contribution is 2.24. The van der Waals surface area contributed by atoms with Crippen molar-refractivity contribution < 1.29 is 44.9 Å². The van der Waals surface area contributed by atoms with Crippen molar-refractivity contribution >= 4 is 5.91 Å². The Balaban J connectivity index is 2.08. The molecule has 0 aromatic heterocycles. The molecule has 10 nitrogen and oxygen atoms in total. The quantitative estimate of drug-likeness (QED) is 0.0293. The number of nitrogens with one attached hydrogen (secondary N) is 1. The largest absolute Gasteiger partial charge is 0.394 e. The Morgan fingerprint density at radius 1 is 0.425 bits per heavy atom. The average molecular weight is 1040 g/mol. The molecule has 1 fully saturated rings. The van der Waals surface area contributed by atoms with Crippen LogP contribution in [0.15, 0.2) is 0 Å². The summed E-state index contributed by atoms with van der Waals surface area (Å²) in [6.45, 7) is 3.66. The Morgan fingerprint density at radius 3 is 1.01 bits per heavy atom. The highest BCUT2D eigenvalue weighted by atomic mass is 16.7. The van der Waals surface area contributed by atoms with Crippen LogP contribution < -0.4 is 5.32 Å². The van der Waals surface area contributed by atoms with E-state index in [0.717, 1.165) is 38.5 Å². The second kappa shape index (κ2) is 53.2. The lowest BCUT2D eigenvalue weighted by molar-refractivity contribution is -0.303. The molecule has 8 atom stereocenters. The molecule has 436 valence electrons. The lowest BCUT2D eigenvalue weighted by atomic mass is 9.98. The second-order valence-electron chi connectivity index (χ2n) is 23.1. The van der Waals surface area contributed by atoms with Gasteiger partial charge >= 0.3 is 0 Å². The molecule has 73 heavy (non-hydrogen) atoms. The normalized spacial score (nSPS) is 19.4. The summed E-state index contributed by atoms with van der Waals surface area (Å²) in [7, 11) is 0. The molecule has 2 unspecified atom stereocenters. The average Bonchev–Trinajstić information content (AvgIpc) is 3.39. The molecule has 0 aliphatic carbocycles. The highest BCUT2D eigenvalue weighted by molar-refractivity contribution is 5.76. The van der Waals surface area contributed by atoms with Gasteiger partial charge in [0.1, 0.15) is 30.5 Å². The van der Waals surface area contributed by atoms with Gasteiger partial charge in [-0.25, -0.2) is 0 Å². The Bertz CT molecular complexity index is 1130. The van der Waals surface area contributed by atoms with E-state index in [2.05, 4.69) is 19.2 Å². The van der Waals surface area contributed by atoms with Crippen molar-refractivity contribution in [3.63, 3.8) is 0 Å². The number of unbranched alkanes of at least 4 members (excludes halogenated alkanes) is 46. The van der Waals surface area contributed by atoms with Crippen LogP contribution in [0, 0.1) is 0 Å². The number of carbonyl (C=O) groups is 1. The van der Waals surface area contributed by atoms with Gasteiger partial charge in [-0.1, -0.05) is 316 Å². The molecular weight excluding hydrogens is 915 g/mol. The zero-order chi connectivity index (χ0) is 53.1. The SMILES string of the molecule is CCCCCCCCCCCCCCCCCCCCCCCCCCCCCCCCCCCCCC(=O)N[C@@H](CO[C@@H]1O[C@H](CO)[C@@H](O)C(O)C1O)[C@H](O)[C@H](O)CCCCCCCCCCCCCCC. The summed E-state index contributed by atoms with van der Waals surface area (Å²) in [5.74, 6) is -0.249. The lowest BCUT2D eigenvalue weighted by Gasteiger charge is -2.40. The van der Waals surface area contributed by atoms with E-state index in [1.165, 1.54) is 270 Å². The predicted octanol–water partition coefficient (Wildman–Crippen LogP) is 15.6. The Hall–Kier alpha value is -0.850. The second-order valence-corrected chi connectivity index (χ2v) is 23.1. The van der Waals surface area contributed by atoms with Crippen LogP contribution in [0.1, 0.15) is 335 Å². The molecule has 1 rings (SSSR count). The summed E-state index contributed by atoms with van der Waals surface area (Å²) in [6, 6.07) is -0.986. The van der Waals surface area contributed by atoms with Crippen LogP contribution in [0.5, 0.6) is 0 Å². The fourth-order valence-electron chi connectivity index (χ4n) is 10.9. The van der Waals surface area contributed by atoms with Gasteiger partial charge < -0.3 is 45.4 Å². The Kier molecular flexibility index (Phi) is 51.1. The van der Waals surface area contributed by atoms with Crippen molar-refractivity contribution in [2.75, 3.05) is 13.2 Å². The predicted molar refractivity (Wildman–Crippen MR) is 306 cm³/mol. The first kappa shape index (κ1) is 70.2. The first-order valence-electron chi connectivity index (χ1n) is 32.3. The summed E-state index contributed by atoms with van der Waals surface area (Å²) in [5, 5.41) is 65.6. The molecule has 0 bridgehead atoms. The monoisotopic (exact) mass is 1040 g/mol. The van der Waals surface area contributed by atoms with Gasteiger partial charge in [-0.05, 0) is 12.8 Å². The van der Waals surface area contributed by atoms with E-state index in [1.807, 2.05) is 0 Å². The molecule has 0 spiro atoms. The zero-order valence-electron chi connectivity index (χ0n) is 48.3. The molecule has 1 heterocycles. The minimum atomic E-state index is -1.60. The first-order valence-corrected chi connectivity index (χ1v) is 32.3. The standard InChI is InChI=1S/C63H125NO9/c1-3-5-7-9-11-13-15-17-18-19-20-21-22-23-24-25-26-27-28-29-30-31-32-33-34-35-36-37-38-40-42-44-46-48-50-52-58(67)64-55(54-72-63-62(71)61(70)60(69)57(53-65)73-63)59(68)56(66)51-49-47-45-43-41-39-16-14-12-10-8-6-4-2/h55-57,59-63,65-66,68-71H,3-54H2,1-2H3,(H,64,67)/t55-,56+,57+,59-,60+,61?,62?,63+/m0/s1. The van der Waals surface area contributed by atoms with Crippen LogP contribution >= 0.6 is 0 Å². The number of amides is 1. The number of rotatable bonds is 57. The Labute approximate surface area is 451 Å². The summed E-state index contributed by atoms with van der Waals surface area (Å²) in [5.41, 5.74) is 0. The van der Waals surface area contributed by atoms with Crippen molar-refractivity contribution in [2.24, 2.45) is 0 Å². The molecule has 1 amide bonds. The third-order valence-electron chi connectivity index (χ3n) is 16.1. The summed E-state index contributed by atoms with van der Waals surface area (Å²) < 4.78 is 11.2. The number of carbonyl (C=O) groups excluding carboxylic acids is 1. The molecule has 0 saturated carbocycles. The smallest absolute Gasteiger partial charge is 0.220 e. The van der Waals surface area contributed by atoms with Crippen molar-refractivity contribution in [2.45, 2.75) is 384 Å². The van der Waals surface area contributed by atoms with E-state index in [0.29, 0.717) is 6.42 Å².